The van der Waals surface area contributed by atoms with Crippen LogP contribution in [0.25, 0.3) is 0 Å². The van der Waals surface area contributed by atoms with Gasteiger partial charge in [0, 0.05) is 24.5 Å². The van der Waals surface area contributed by atoms with Gasteiger partial charge in [-0.15, -0.1) is 0 Å². The SMILES string of the molecule is O=C(C1C2CCCCC21)N1CCCCC1C1CCCN1. The molecule has 4 unspecified atom stereocenters. The van der Waals surface area contributed by atoms with Crippen LogP contribution in [-0.2, 0) is 4.79 Å². The van der Waals surface area contributed by atoms with Gasteiger partial charge in [-0.05, 0) is 63.3 Å². The van der Waals surface area contributed by atoms with Gasteiger partial charge in [0.05, 0.1) is 0 Å². The first kappa shape index (κ1) is 13.1. The van der Waals surface area contributed by atoms with Crippen molar-refractivity contribution < 1.29 is 4.79 Å². The average molecular weight is 276 g/mol. The highest BCUT2D eigenvalue weighted by atomic mass is 16.2. The number of rotatable bonds is 2. The Bertz CT molecular complexity index is 365. The van der Waals surface area contributed by atoms with Crippen molar-refractivity contribution in [3.05, 3.63) is 0 Å². The van der Waals surface area contributed by atoms with E-state index in [1.54, 1.807) is 0 Å². The Morgan fingerprint density at radius 2 is 1.65 bits per heavy atom. The molecule has 0 spiro atoms. The van der Waals surface area contributed by atoms with E-state index < -0.39 is 0 Å². The molecule has 4 aliphatic rings. The number of likely N-dealkylation sites (tertiary alicyclic amines) is 1. The van der Waals surface area contributed by atoms with E-state index in [2.05, 4.69) is 10.2 Å². The summed E-state index contributed by atoms with van der Waals surface area (Å²) in [5.41, 5.74) is 0. The minimum Gasteiger partial charge on any atom is -0.338 e. The number of fused-ring (bicyclic) bond motifs is 1. The van der Waals surface area contributed by atoms with Crippen molar-refractivity contribution in [3.8, 4) is 0 Å². The van der Waals surface area contributed by atoms with Gasteiger partial charge in [0.25, 0.3) is 0 Å². The molecule has 3 nitrogen and oxygen atoms in total. The standard InChI is InChI=1S/C17H28N2O/c20-17(16-12-6-1-2-7-13(12)16)19-11-4-3-9-15(19)14-8-5-10-18-14/h12-16,18H,1-11H2. The molecule has 2 aliphatic carbocycles. The Balaban J connectivity index is 1.46. The number of carbonyl (C=O) groups is 1. The first-order valence-corrected chi connectivity index (χ1v) is 8.90. The predicted octanol–water partition coefficient (Wildman–Crippen LogP) is 2.56. The van der Waals surface area contributed by atoms with Gasteiger partial charge in [-0.3, -0.25) is 4.79 Å². The maximum Gasteiger partial charge on any atom is 0.226 e. The fraction of sp³-hybridized carbons (Fsp3) is 0.941. The molecule has 4 fully saturated rings. The minimum absolute atomic E-state index is 0.416. The number of nitrogens with zero attached hydrogens (tertiary/aromatic N) is 1. The van der Waals surface area contributed by atoms with Crippen LogP contribution in [-0.4, -0.2) is 36.0 Å². The maximum absolute atomic E-state index is 13.0. The third-order valence-corrected chi connectivity index (χ3v) is 6.34. The number of hydrogen-bond acceptors (Lipinski definition) is 2. The summed E-state index contributed by atoms with van der Waals surface area (Å²) >= 11 is 0. The van der Waals surface area contributed by atoms with Gasteiger partial charge in [-0.1, -0.05) is 12.8 Å². The Kier molecular flexibility index (Phi) is 3.49. The zero-order valence-electron chi connectivity index (χ0n) is 12.5. The van der Waals surface area contributed by atoms with Crippen molar-refractivity contribution in [3.63, 3.8) is 0 Å². The molecule has 2 saturated heterocycles. The molecule has 0 aromatic heterocycles. The summed E-state index contributed by atoms with van der Waals surface area (Å²) < 4.78 is 0. The second-order valence-corrected chi connectivity index (χ2v) is 7.44. The number of amides is 1. The largest absolute Gasteiger partial charge is 0.338 e. The summed E-state index contributed by atoms with van der Waals surface area (Å²) in [7, 11) is 0. The summed E-state index contributed by atoms with van der Waals surface area (Å²) in [4.78, 5) is 15.3. The van der Waals surface area contributed by atoms with Crippen molar-refractivity contribution in [1.82, 2.24) is 10.2 Å². The van der Waals surface area contributed by atoms with E-state index in [9.17, 15) is 4.79 Å². The molecule has 0 bridgehead atoms. The predicted molar refractivity (Wildman–Crippen MR) is 79.3 cm³/mol. The molecule has 4 rings (SSSR count). The lowest BCUT2D eigenvalue weighted by molar-refractivity contribution is -0.137. The first-order valence-electron chi connectivity index (χ1n) is 8.90. The maximum atomic E-state index is 13.0. The van der Waals surface area contributed by atoms with E-state index in [0.29, 0.717) is 23.9 Å². The number of piperidine rings is 1. The van der Waals surface area contributed by atoms with Gasteiger partial charge in [-0.25, -0.2) is 0 Å². The molecular weight excluding hydrogens is 248 g/mol. The lowest BCUT2D eigenvalue weighted by Gasteiger charge is -2.39. The van der Waals surface area contributed by atoms with Gasteiger partial charge < -0.3 is 10.2 Å². The topological polar surface area (TPSA) is 32.3 Å². The highest BCUT2D eigenvalue weighted by molar-refractivity contribution is 5.83. The number of carbonyl (C=O) groups excluding carboxylic acids is 1. The van der Waals surface area contributed by atoms with Crippen molar-refractivity contribution in [2.24, 2.45) is 17.8 Å². The van der Waals surface area contributed by atoms with Gasteiger partial charge >= 0.3 is 0 Å². The highest BCUT2D eigenvalue weighted by Gasteiger charge is 2.56. The van der Waals surface area contributed by atoms with Crippen LogP contribution in [0.1, 0.15) is 57.8 Å². The van der Waals surface area contributed by atoms with Gasteiger partial charge in [0.1, 0.15) is 0 Å². The van der Waals surface area contributed by atoms with E-state index in [1.807, 2.05) is 0 Å². The van der Waals surface area contributed by atoms with Crippen LogP contribution in [0.4, 0.5) is 0 Å². The van der Waals surface area contributed by atoms with E-state index in [0.717, 1.165) is 24.9 Å². The molecule has 20 heavy (non-hydrogen) atoms. The molecule has 0 aromatic rings. The Hall–Kier alpha value is -0.570. The second-order valence-electron chi connectivity index (χ2n) is 7.44. The summed E-state index contributed by atoms with van der Waals surface area (Å²) in [5.74, 6) is 2.46. The van der Waals surface area contributed by atoms with Crippen LogP contribution >= 0.6 is 0 Å². The fourth-order valence-electron chi connectivity index (χ4n) is 5.24. The normalized spacial score (nSPS) is 44.2. The molecule has 2 aliphatic heterocycles. The summed E-state index contributed by atoms with van der Waals surface area (Å²) in [6, 6.07) is 1.08. The highest BCUT2D eigenvalue weighted by Crippen LogP contribution is 2.56. The Morgan fingerprint density at radius 3 is 2.35 bits per heavy atom. The lowest BCUT2D eigenvalue weighted by atomic mass is 9.94. The third kappa shape index (κ3) is 2.18. The van der Waals surface area contributed by atoms with Crippen LogP contribution in [0.5, 0.6) is 0 Å². The fourth-order valence-corrected chi connectivity index (χ4v) is 5.24. The summed E-state index contributed by atoms with van der Waals surface area (Å²) in [5, 5.41) is 3.64. The zero-order chi connectivity index (χ0) is 13.5. The van der Waals surface area contributed by atoms with Crippen molar-refractivity contribution in [2.75, 3.05) is 13.1 Å². The molecule has 1 N–H and O–H groups in total. The average Bonchev–Trinajstić information content (AvgIpc) is 2.97. The van der Waals surface area contributed by atoms with Crippen molar-refractivity contribution in [2.45, 2.75) is 69.9 Å². The zero-order valence-corrected chi connectivity index (χ0v) is 12.5. The van der Waals surface area contributed by atoms with Gasteiger partial charge in [0.2, 0.25) is 5.91 Å². The van der Waals surface area contributed by atoms with Crippen LogP contribution in [0.3, 0.4) is 0 Å². The van der Waals surface area contributed by atoms with Gasteiger partial charge in [-0.2, -0.15) is 0 Å². The molecule has 2 saturated carbocycles. The smallest absolute Gasteiger partial charge is 0.226 e. The van der Waals surface area contributed by atoms with E-state index in [-0.39, 0.29) is 0 Å². The second kappa shape index (κ2) is 5.32. The van der Waals surface area contributed by atoms with Crippen LogP contribution in [0.2, 0.25) is 0 Å². The van der Waals surface area contributed by atoms with E-state index >= 15 is 0 Å². The van der Waals surface area contributed by atoms with E-state index in [1.165, 1.54) is 57.8 Å². The van der Waals surface area contributed by atoms with Crippen LogP contribution < -0.4 is 5.32 Å². The lowest BCUT2D eigenvalue weighted by Crippen LogP contribution is -2.53. The van der Waals surface area contributed by atoms with Crippen LogP contribution in [0.15, 0.2) is 0 Å². The number of nitrogens with one attached hydrogen (secondary N) is 1. The van der Waals surface area contributed by atoms with Gasteiger partial charge in [0.15, 0.2) is 0 Å². The molecule has 112 valence electrons. The Morgan fingerprint density at radius 1 is 0.900 bits per heavy atom. The molecule has 0 aromatic carbocycles. The third-order valence-electron chi connectivity index (χ3n) is 6.34. The summed E-state index contributed by atoms with van der Waals surface area (Å²) in [6.07, 6.45) is 11.7. The Labute approximate surface area is 122 Å². The summed E-state index contributed by atoms with van der Waals surface area (Å²) in [6.45, 7) is 2.18. The molecule has 3 heteroatoms. The molecule has 1 amide bonds. The molecule has 0 radical (unpaired) electrons. The first-order chi connectivity index (χ1) is 9.86. The van der Waals surface area contributed by atoms with Crippen molar-refractivity contribution in [1.29, 1.82) is 0 Å². The minimum atomic E-state index is 0.416. The van der Waals surface area contributed by atoms with Crippen molar-refractivity contribution >= 4 is 5.91 Å². The quantitative estimate of drug-likeness (QED) is 0.840. The molecule has 4 atom stereocenters. The van der Waals surface area contributed by atoms with E-state index in [4.69, 9.17) is 0 Å². The van der Waals surface area contributed by atoms with Crippen LogP contribution in [0, 0.1) is 17.8 Å². The monoisotopic (exact) mass is 276 g/mol. The molecule has 2 heterocycles. The number of hydrogen-bond donors (Lipinski definition) is 1. The molecular formula is C17H28N2O.